The van der Waals surface area contributed by atoms with Gasteiger partial charge in [0.05, 0.1) is 18.7 Å². The first kappa shape index (κ1) is 21.7. The second-order valence-corrected chi connectivity index (χ2v) is 8.87. The van der Waals surface area contributed by atoms with Crippen molar-refractivity contribution in [1.82, 2.24) is 9.88 Å². The molecule has 2 aliphatic rings. The van der Waals surface area contributed by atoms with Crippen molar-refractivity contribution >= 4 is 27.8 Å². The van der Waals surface area contributed by atoms with Crippen LogP contribution in [0.2, 0.25) is 0 Å². The van der Waals surface area contributed by atoms with Crippen molar-refractivity contribution in [2.75, 3.05) is 39.5 Å². The van der Waals surface area contributed by atoms with Crippen molar-refractivity contribution < 1.29 is 14.3 Å². The van der Waals surface area contributed by atoms with Crippen molar-refractivity contribution in [3.63, 3.8) is 0 Å². The molecule has 1 saturated heterocycles. The van der Waals surface area contributed by atoms with Gasteiger partial charge in [-0.25, -0.2) is 0 Å². The molecule has 0 radical (unpaired) electrons. The predicted octanol–water partition coefficient (Wildman–Crippen LogP) is 5.10. The number of ketones is 1. The molecular weight excluding hydrogens is 436 g/mol. The molecule has 1 fully saturated rings. The van der Waals surface area contributed by atoms with E-state index in [9.17, 15) is 4.79 Å². The monoisotopic (exact) mass is 462 g/mol. The van der Waals surface area contributed by atoms with Gasteiger partial charge in [0, 0.05) is 53.5 Å². The van der Waals surface area contributed by atoms with Crippen molar-refractivity contribution in [2.24, 2.45) is 0 Å². The number of carbonyl (C=O) groups excluding carboxylic acids is 1. The Hall–Kier alpha value is -3.80. The minimum Gasteiger partial charge on any atom is -0.492 e. The number of hydrogen-bond donors (Lipinski definition) is 0. The summed E-state index contributed by atoms with van der Waals surface area (Å²) in [6.45, 7) is 4.82. The highest BCUT2D eigenvalue weighted by molar-refractivity contribution is 6.41. The zero-order valence-corrected chi connectivity index (χ0v) is 19.4. The molecular formula is C30H26N2O3. The van der Waals surface area contributed by atoms with Crippen LogP contribution in [0.4, 0.5) is 0 Å². The molecule has 0 amide bonds. The lowest BCUT2D eigenvalue weighted by atomic mass is 9.94. The molecule has 0 spiro atoms. The molecule has 1 aromatic heterocycles. The SMILES string of the molecule is O=C1C(c2cnc3ccccc3c2)=C(c2ccccc2)c2ccc(OCCN3CCOCC3)cc21. The Labute approximate surface area is 204 Å². The number of ether oxygens (including phenoxy) is 2. The summed E-state index contributed by atoms with van der Waals surface area (Å²) in [5.74, 6) is 0.727. The molecule has 174 valence electrons. The van der Waals surface area contributed by atoms with E-state index in [2.05, 4.69) is 28.1 Å². The van der Waals surface area contributed by atoms with Crippen LogP contribution in [0.25, 0.3) is 22.0 Å². The van der Waals surface area contributed by atoms with E-state index in [-0.39, 0.29) is 5.78 Å². The fourth-order valence-electron chi connectivity index (χ4n) is 4.91. The van der Waals surface area contributed by atoms with Crippen LogP contribution in [0, 0.1) is 0 Å². The second-order valence-electron chi connectivity index (χ2n) is 8.87. The van der Waals surface area contributed by atoms with Gasteiger partial charge >= 0.3 is 0 Å². The van der Waals surface area contributed by atoms with E-state index >= 15 is 0 Å². The molecule has 0 bridgehead atoms. The number of aromatic nitrogens is 1. The summed E-state index contributed by atoms with van der Waals surface area (Å²) in [6.07, 6.45) is 1.81. The first-order chi connectivity index (χ1) is 17.3. The van der Waals surface area contributed by atoms with Gasteiger partial charge in [-0.1, -0.05) is 48.5 Å². The summed E-state index contributed by atoms with van der Waals surface area (Å²) < 4.78 is 11.5. The van der Waals surface area contributed by atoms with Gasteiger partial charge in [0.2, 0.25) is 0 Å². The Morgan fingerprint density at radius 1 is 0.829 bits per heavy atom. The second kappa shape index (κ2) is 9.45. The first-order valence-electron chi connectivity index (χ1n) is 12.0. The van der Waals surface area contributed by atoms with E-state index in [1.165, 1.54) is 0 Å². The van der Waals surface area contributed by atoms with E-state index < -0.39 is 0 Å². The molecule has 0 unspecified atom stereocenters. The van der Waals surface area contributed by atoms with Crippen LogP contribution in [0.15, 0.2) is 85.1 Å². The van der Waals surface area contributed by atoms with E-state index in [4.69, 9.17) is 9.47 Å². The number of hydrogen-bond acceptors (Lipinski definition) is 5. The van der Waals surface area contributed by atoms with E-state index in [1.54, 1.807) is 0 Å². The van der Waals surface area contributed by atoms with E-state index in [0.717, 1.165) is 71.8 Å². The largest absolute Gasteiger partial charge is 0.492 e. The molecule has 35 heavy (non-hydrogen) atoms. The van der Waals surface area contributed by atoms with Crippen LogP contribution in [0.1, 0.15) is 27.0 Å². The maximum atomic E-state index is 13.8. The number of nitrogens with zero attached hydrogens (tertiary/aromatic N) is 2. The van der Waals surface area contributed by atoms with Crippen molar-refractivity contribution in [3.05, 3.63) is 107 Å². The highest BCUT2D eigenvalue weighted by Crippen LogP contribution is 2.43. The minimum absolute atomic E-state index is 0.00886. The first-order valence-corrected chi connectivity index (χ1v) is 12.0. The van der Waals surface area contributed by atoms with Crippen LogP contribution in [-0.2, 0) is 4.74 Å². The molecule has 0 saturated carbocycles. The summed E-state index contributed by atoms with van der Waals surface area (Å²) in [7, 11) is 0. The lowest BCUT2D eigenvalue weighted by molar-refractivity contribution is 0.0322. The van der Waals surface area contributed by atoms with E-state index in [0.29, 0.717) is 17.7 Å². The zero-order chi connectivity index (χ0) is 23.6. The number of allylic oxidation sites excluding steroid dienone is 1. The van der Waals surface area contributed by atoms with Crippen molar-refractivity contribution in [2.45, 2.75) is 0 Å². The van der Waals surface area contributed by atoms with Crippen LogP contribution < -0.4 is 4.74 Å². The van der Waals surface area contributed by atoms with Crippen LogP contribution in [0.5, 0.6) is 5.75 Å². The van der Waals surface area contributed by atoms with Gasteiger partial charge in [0.1, 0.15) is 12.4 Å². The summed E-state index contributed by atoms with van der Waals surface area (Å²) in [6, 6.07) is 26.0. The molecule has 5 heteroatoms. The molecule has 0 atom stereocenters. The summed E-state index contributed by atoms with van der Waals surface area (Å²) in [5.41, 5.74) is 6.01. The third-order valence-electron chi connectivity index (χ3n) is 6.70. The molecule has 5 nitrogen and oxygen atoms in total. The number of para-hydroxylation sites is 1. The van der Waals surface area contributed by atoms with Crippen LogP contribution >= 0.6 is 0 Å². The number of morpholine rings is 1. The molecule has 6 rings (SSSR count). The average Bonchev–Trinajstić information content (AvgIpc) is 3.21. The summed E-state index contributed by atoms with van der Waals surface area (Å²) in [4.78, 5) is 20.8. The Balaban J connectivity index is 1.35. The third-order valence-corrected chi connectivity index (χ3v) is 6.70. The normalized spacial score (nSPS) is 16.1. The maximum absolute atomic E-state index is 13.8. The Kier molecular flexibility index (Phi) is 5.86. The molecule has 1 aliphatic heterocycles. The van der Waals surface area contributed by atoms with Crippen molar-refractivity contribution in [1.29, 1.82) is 0 Å². The summed E-state index contributed by atoms with van der Waals surface area (Å²) >= 11 is 0. The van der Waals surface area contributed by atoms with Gasteiger partial charge < -0.3 is 9.47 Å². The van der Waals surface area contributed by atoms with Crippen LogP contribution in [0.3, 0.4) is 0 Å². The predicted molar refractivity (Wildman–Crippen MR) is 138 cm³/mol. The zero-order valence-electron chi connectivity index (χ0n) is 19.4. The highest BCUT2D eigenvalue weighted by Gasteiger charge is 2.32. The number of carbonyl (C=O) groups is 1. The molecule has 2 heterocycles. The average molecular weight is 463 g/mol. The van der Waals surface area contributed by atoms with Gasteiger partial charge in [-0.05, 0) is 41.5 Å². The smallest absolute Gasteiger partial charge is 0.195 e. The Morgan fingerprint density at radius 3 is 2.49 bits per heavy atom. The number of rotatable bonds is 6. The standard InChI is InChI=1S/C30H26N2O3/c33-30-26-19-24(35-17-14-32-12-15-34-16-13-32)10-11-25(26)28(21-6-2-1-3-7-21)29(30)23-18-22-8-4-5-9-27(22)31-20-23/h1-11,18-20H,12-17H2. The van der Waals surface area contributed by atoms with E-state index in [1.807, 2.05) is 66.9 Å². The number of fused-ring (bicyclic) bond motifs is 2. The third kappa shape index (κ3) is 4.25. The van der Waals surface area contributed by atoms with Crippen LogP contribution in [-0.4, -0.2) is 55.1 Å². The number of Topliss-reactive ketones (excluding diaryl/α,β-unsaturated/α-hetero) is 1. The minimum atomic E-state index is 0.00886. The van der Waals surface area contributed by atoms with Gasteiger partial charge in [-0.2, -0.15) is 0 Å². The summed E-state index contributed by atoms with van der Waals surface area (Å²) in [5, 5.41) is 1.01. The van der Waals surface area contributed by atoms with Gasteiger partial charge in [0.15, 0.2) is 5.78 Å². The lowest BCUT2D eigenvalue weighted by Gasteiger charge is -2.26. The quantitative estimate of drug-likeness (QED) is 0.399. The van der Waals surface area contributed by atoms with Gasteiger partial charge in [-0.3, -0.25) is 14.7 Å². The molecule has 3 aromatic carbocycles. The molecule has 1 aliphatic carbocycles. The van der Waals surface area contributed by atoms with Gasteiger partial charge in [0.25, 0.3) is 0 Å². The Morgan fingerprint density at radius 2 is 1.63 bits per heavy atom. The molecule has 4 aromatic rings. The highest BCUT2D eigenvalue weighted by atomic mass is 16.5. The van der Waals surface area contributed by atoms with Crippen molar-refractivity contribution in [3.8, 4) is 5.75 Å². The number of pyridine rings is 1. The number of benzene rings is 3. The topological polar surface area (TPSA) is 51.7 Å². The fraction of sp³-hybridized carbons (Fsp3) is 0.200. The molecule has 0 N–H and O–H groups in total. The lowest BCUT2D eigenvalue weighted by Crippen LogP contribution is -2.38. The van der Waals surface area contributed by atoms with Gasteiger partial charge in [-0.15, -0.1) is 0 Å². The fourth-order valence-corrected chi connectivity index (χ4v) is 4.91. The Bertz CT molecular complexity index is 1420. The maximum Gasteiger partial charge on any atom is 0.195 e.